The van der Waals surface area contributed by atoms with Gasteiger partial charge in [-0.2, -0.15) is 11.3 Å². The van der Waals surface area contributed by atoms with Gasteiger partial charge in [0.15, 0.2) is 0 Å². The van der Waals surface area contributed by atoms with Crippen LogP contribution < -0.4 is 5.32 Å². The van der Waals surface area contributed by atoms with E-state index in [4.69, 9.17) is 0 Å². The summed E-state index contributed by atoms with van der Waals surface area (Å²) in [5.41, 5.74) is 2.76. The lowest BCUT2D eigenvalue weighted by atomic mass is 9.99. The van der Waals surface area contributed by atoms with Crippen molar-refractivity contribution in [2.45, 2.75) is 0 Å². The lowest BCUT2D eigenvalue weighted by Crippen LogP contribution is -2.20. The Bertz CT molecular complexity index is 587. The molecule has 0 fully saturated rings. The summed E-state index contributed by atoms with van der Waals surface area (Å²) in [7, 11) is 0. The third kappa shape index (κ3) is 1.20. The molecule has 2 amide bonds. The van der Waals surface area contributed by atoms with Crippen molar-refractivity contribution >= 4 is 23.2 Å². The third-order valence-electron chi connectivity index (χ3n) is 2.60. The van der Waals surface area contributed by atoms with Crippen molar-refractivity contribution in [3.8, 4) is 11.1 Å². The minimum absolute atomic E-state index is 0.304. The zero-order valence-electron chi connectivity index (χ0n) is 8.19. The van der Waals surface area contributed by atoms with Gasteiger partial charge in [0.05, 0.1) is 11.1 Å². The standard InChI is InChI=1S/C12H7NO2S/c14-11-9-3-1-2-8(7-4-5-16-6-7)10(9)12(15)13-11/h1-6H,(H,13,14,15). The molecule has 0 aliphatic carbocycles. The SMILES string of the molecule is O=C1NC(=O)c2c1cccc2-c1ccsc1. The average molecular weight is 229 g/mol. The minimum Gasteiger partial charge on any atom is -0.288 e. The van der Waals surface area contributed by atoms with Gasteiger partial charge < -0.3 is 0 Å². The van der Waals surface area contributed by atoms with E-state index in [-0.39, 0.29) is 11.8 Å². The van der Waals surface area contributed by atoms with Crippen LogP contribution in [0.15, 0.2) is 35.0 Å². The van der Waals surface area contributed by atoms with Crippen molar-refractivity contribution < 1.29 is 9.59 Å². The predicted molar refractivity (Wildman–Crippen MR) is 61.6 cm³/mol. The fourth-order valence-corrected chi connectivity index (χ4v) is 2.53. The van der Waals surface area contributed by atoms with Crippen LogP contribution in [0, 0.1) is 0 Å². The molecular formula is C12H7NO2S. The highest BCUT2D eigenvalue weighted by molar-refractivity contribution is 7.08. The number of thiophene rings is 1. The Morgan fingerprint density at radius 3 is 2.56 bits per heavy atom. The van der Waals surface area contributed by atoms with Crippen LogP contribution in [0.5, 0.6) is 0 Å². The Labute approximate surface area is 95.7 Å². The van der Waals surface area contributed by atoms with Crippen LogP contribution in [-0.4, -0.2) is 11.8 Å². The van der Waals surface area contributed by atoms with E-state index in [0.717, 1.165) is 11.1 Å². The summed E-state index contributed by atoms with van der Waals surface area (Å²) < 4.78 is 0. The van der Waals surface area contributed by atoms with Gasteiger partial charge in [-0.25, -0.2) is 0 Å². The molecule has 2 heterocycles. The number of fused-ring (bicyclic) bond motifs is 1. The van der Waals surface area contributed by atoms with Gasteiger partial charge in [0.2, 0.25) is 0 Å². The Morgan fingerprint density at radius 2 is 1.81 bits per heavy atom. The topological polar surface area (TPSA) is 46.2 Å². The van der Waals surface area contributed by atoms with Crippen LogP contribution in [0.2, 0.25) is 0 Å². The molecule has 0 saturated carbocycles. The zero-order chi connectivity index (χ0) is 11.1. The predicted octanol–water partition coefficient (Wildman–Crippen LogP) is 2.30. The molecule has 1 aliphatic heterocycles. The van der Waals surface area contributed by atoms with Gasteiger partial charge >= 0.3 is 0 Å². The summed E-state index contributed by atoms with van der Waals surface area (Å²) in [5.74, 6) is -0.612. The molecule has 3 nitrogen and oxygen atoms in total. The number of rotatable bonds is 1. The summed E-state index contributed by atoms with van der Waals surface area (Å²) in [5, 5.41) is 6.22. The normalized spacial score (nSPS) is 13.8. The number of hydrogen-bond donors (Lipinski definition) is 1. The molecule has 0 unspecified atom stereocenters. The molecule has 78 valence electrons. The first-order chi connectivity index (χ1) is 7.77. The molecule has 1 aliphatic rings. The van der Waals surface area contributed by atoms with E-state index in [9.17, 15) is 9.59 Å². The van der Waals surface area contributed by atoms with Crippen LogP contribution in [-0.2, 0) is 0 Å². The number of carbonyl (C=O) groups is 2. The van der Waals surface area contributed by atoms with Gasteiger partial charge in [0, 0.05) is 0 Å². The summed E-state index contributed by atoms with van der Waals surface area (Å²) in [6.45, 7) is 0. The van der Waals surface area contributed by atoms with Crippen molar-refractivity contribution in [3.63, 3.8) is 0 Å². The smallest absolute Gasteiger partial charge is 0.259 e. The Balaban J connectivity index is 2.30. The molecule has 0 bridgehead atoms. The largest absolute Gasteiger partial charge is 0.288 e. The van der Waals surface area contributed by atoms with Crippen LogP contribution in [0.3, 0.4) is 0 Å². The highest BCUT2D eigenvalue weighted by Gasteiger charge is 2.29. The number of imide groups is 1. The number of hydrogen-bond acceptors (Lipinski definition) is 3. The molecule has 1 aromatic heterocycles. The molecule has 0 radical (unpaired) electrons. The van der Waals surface area contributed by atoms with E-state index in [1.165, 1.54) is 0 Å². The maximum Gasteiger partial charge on any atom is 0.259 e. The maximum atomic E-state index is 11.7. The first-order valence-electron chi connectivity index (χ1n) is 4.78. The molecule has 0 spiro atoms. The van der Waals surface area contributed by atoms with E-state index >= 15 is 0 Å². The van der Waals surface area contributed by atoms with Crippen molar-refractivity contribution in [2.75, 3.05) is 0 Å². The average Bonchev–Trinajstić information content (AvgIpc) is 2.88. The zero-order valence-corrected chi connectivity index (χ0v) is 9.01. The highest BCUT2D eigenvalue weighted by Crippen LogP contribution is 2.30. The fourth-order valence-electron chi connectivity index (χ4n) is 1.88. The van der Waals surface area contributed by atoms with E-state index in [0.29, 0.717) is 11.1 Å². The maximum absolute atomic E-state index is 11.7. The van der Waals surface area contributed by atoms with Crippen molar-refractivity contribution in [2.24, 2.45) is 0 Å². The third-order valence-corrected chi connectivity index (χ3v) is 3.28. The summed E-state index contributed by atoms with van der Waals surface area (Å²) in [6, 6.07) is 7.27. The summed E-state index contributed by atoms with van der Waals surface area (Å²) >= 11 is 1.57. The Kier molecular flexibility index (Phi) is 1.91. The fraction of sp³-hybridized carbons (Fsp3) is 0. The molecule has 0 atom stereocenters. The van der Waals surface area contributed by atoms with Gasteiger partial charge in [0.1, 0.15) is 0 Å². The van der Waals surface area contributed by atoms with Crippen molar-refractivity contribution in [1.82, 2.24) is 5.32 Å². The summed E-state index contributed by atoms with van der Waals surface area (Å²) in [6.07, 6.45) is 0. The van der Waals surface area contributed by atoms with E-state index in [2.05, 4.69) is 5.32 Å². The van der Waals surface area contributed by atoms with Crippen LogP contribution in [0.4, 0.5) is 0 Å². The first-order valence-corrected chi connectivity index (χ1v) is 5.73. The van der Waals surface area contributed by atoms with E-state index in [1.54, 1.807) is 23.5 Å². The molecule has 16 heavy (non-hydrogen) atoms. The van der Waals surface area contributed by atoms with Gasteiger partial charge in [-0.3, -0.25) is 14.9 Å². The molecule has 4 heteroatoms. The van der Waals surface area contributed by atoms with Crippen molar-refractivity contribution in [1.29, 1.82) is 0 Å². The molecule has 2 aromatic rings. The first kappa shape index (κ1) is 9.30. The minimum atomic E-state index is -0.308. The quantitative estimate of drug-likeness (QED) is 0.763. The number of carbonyl (C=O) groups excluding carboxylic acids is 2. The van der Waals surface area contributed by atoms with E-state index in [1.807, 2.05) is 22.9 Å². The number of nitrogens with one attached hydrogen (secondary N) is 1. The summed E-state index contributed by atoms with van der Waals surface area (Å²) in [4.78, 5) is 23.1. The van der Waals surface area contributed by atoms with Gasteiger partial charge in [-0.15, -0.1) is 0 Å². The van der Waals surface area contributed by atoms with Crippen LogP contribution in [0.1, 0.15) is 20.7 Å². The van der Waals surface area contributed by atoms with E-state index < -0.39 is 0 Å². The van der Waals surface area contributed by atoms with Crippen molar-refractivity contribution in [3.05, 3.63) is 46.2 Å². The van der Waals surface area contributed by atoms with Crippen LogP contribution >= 0.6 is 11.3 Å². The monoisotopic (exact) mass is 229 g/mol. The molecule has 1 N–H and O–H groups in total. The molecule has 0 saturated heterocycles. The van der Waals surface area contributed by atoms with Gasteiger partial charge in [-0.05, 0) is 34.0 Å². The molecule has 1 aromatic carbocycles. The Morgan fingerprint density at radius 1 is 1.00 bits per heavy atom. The molecule has 3 rings (SSSR count). The van der Waals surface area contributed by atoms with Gasteiger partial charge in [-0.1, -0.05) is 12.1 Å². The second-order valence-electron chi connectivity index (χ2n) is 3.52. The lowest BCUT2D eigenvalue weighted by Gasteiger charge is -2.02. The molecular weight excluding hydrogens is 222 g/mol. The number of benzene rings is 1. The number of amides is 2. The second-order valence-corrected chi connectivity index (χ2v) is 4.30. The Hall–Kier alpha value is -1.94. The van der Waals surface area contributed by atoms with Gasteiger partial charge in [0.25, 0.3) is 11.8 Å². The lowest BCUT2D eigenvalue weighted by molar-refractivity contribution is 0.0880. The highest BCUT2D eigenvalue weighted by atomic mass is 32.1. The van der Waals surface area contributed by atoms with Crippen LogP contribution in [0.25, 0.3) is 11.1 Å². The second kappa shape index (κ2) is 3.28.